The number of nitrogen functional groups attached to an aromatic ring is 1. The third kappa shape index (κ3) is 4.84. The summed E-state index contributed by atoms with van der Waals surface area (Å²) in [4.78, 5) is 9.57. The molecule has 35 heavy (non-hydrogen) atoms. The van der Waals surface area contributed by atoms with Crippen LogP contribution in [-0.2, 0) is 0 Å². The second-order valence-electron chi connectivity index (χ2n) is 7.81. The number of anilines is 2. The van der Waals surface area contributed by atoms with Gasteiger partial charge >= 0.3 is 0 Å². The molecule has 0 unspecified atom stereocenters. The third-order valence-corrected chi connectivity index (χ3v) is 6.19. The number of ether oxygens (including phenoxy) is 1. The van der Waals surface area contributed by atoms with Crippen LogP contribution in [0.1, 0.15) is 35.8 Å². The molecule has 5 N–H and O–H groups in total. The number of rotatable bonds is 6. The summed E-state index contributed by atoms with van der Waals surface area (Å²) in [5.74, 6) is -1.78. The molecule has 2 atom stereocenters. The Hall–Kier alpha value is -3.52. The Bertz CT molecular complexity index is 1330. The Kier molecular flexibility index (Phi) is 7.03. The molecule has 3 aromatic rings. The first-order valence-corrected chi connectivity index (χ1v) is 11.2. The quantitative estimate of drug-likeness (QED) is 0.247. The molecule has 1 aliphatic rings. The Morgan fingerprint density at radius 1 is 1.20 bits per heavy atom. The molecule has 12 heteroatoms. The molecule has 1 saturated heterocycles. The van der Waals surface area contributed by atoms with Crippen molar-refractivity contribution in [2.75, 3.05) is 17.2 Å². The smallest absolute Gasteiger partial charge is 0.177 e. The van der Waals surface area contributed by atoms with Crippen LogP contribution in [-0.4, -0.2) is 28.3 Å². The van der Waals surface area contributed by atoms with E-state index < -0.39 is 23.9 Å². The molecule has 180 valence electrons. The number of hydrogen-bond acceptors (Lipinski definition) is 8. The Morgan fingerprint density at radius 3 is 2.57 bits per heavy atom. The van der Waals surface area contributed by atoms with Crippen LogP contribution < -0.4 is 21.1 Å². The van der Waals surface area contributed by atoms with Gasteiger partial charge in [0.05, 0.1) is 21.8 Å². The second kappa shape index (κ2) is 10.00. The maximum Gasteiger partial charge on any atom is 0.177 e. The van der Waals surface area contributed by atoms with E-state index in [0.717, 1.165) is 18.6 Å². The highest BCUT2D eigenvalue weighted by Gasteiger charge is 2.28. The van der Waals surface area contributed by atoms with Crippen LogP contribution in [0.25, 0.3) is 0 Å². The fraction of sp³-hybridized carbons (Fsp3) is 0.217. The molecule has 1 aliphatic heterocycles. The molecular formula is C23H19Cl2F2N7O. The van der Waals surface area contributed by atoms with Gasteiger partial charge in [0.1, 0.15) is 6.04 Å². The van der Waals surface area contributed by atoms with Gasteiger partial charge in [0, 0.05) is 53.6 Å². The van der Waals surface area contributed by atoms with Crippen LogP contribution in [0.4, 0.5) is 20.3 Å². The van der Waals surface area contributed by atoms with E-state index in [4.69, 9.17) is 44.8 Å². The minimum absolute atomic E-state index is 0.0405. The van der Waals surface area contributed by atoms with Crippen LogP contribution in [0.5, 0.6) is 5.75 Å². The summed E-state index contributed by atoms with van der Waals surface area (Å²) in [6.45, 7) is 0.510. The molecule has 0 bridgehead atoms. The normalized spacial score (nSPS) is 16.1. The van der Waals surface area contributed by atoms with Gasteiger partial charge in [-0.15, -0.1) is 0 Å². The van der Waals surface area contributed by atoms with Crippen LogP contribution in [0, 0.1) is 28.4 Å². The van der Waals surface area contributed by atoms with Crippen molar-refractivity contribution < 1.29 is 13.5 Å². The van der Waals surface area contributed by atoms with Crippen molar-refractivity contribution in [1.82, 2.24) is 9.97 Å². The maximum atomic E-state index is 14.9. The van der Waals surface area contributed by atoms with Gasteiger partial charge in [0.25, 0.3) is 0 Å². The van der Waals surface area contributed by atoms with Gasteiger partial charge in [-0.3, -0.25) is 16.1 Å². The summed E-state index contributed by atoms with van der Waals surface area (Å²) in [6, 6.07) is 4.97. The standard InChI is InChI=1S/C23H19Cl2F2N7O/c24-14-9-32-10-15(25)20(14)22(31)35-19-5-13(18(29)6-16(19)26)21(30)11-4-17(27)23(33-8-11)34-3-1-2-12(34)7-28/h4-6,8-10,12,22,30H,1-3,29,31H2/t12-,22+/m1/s1. The fourth-order valence-electron chi connectivity index (χ4n) is 3.85. The van der Waals surface area contributed by atoms with Crippen molar-refractivity contribution in [1.29, 1.82) is 10.7 Å². The molecule has 2 aromatic heterocycles. The van der Waals surface area contributed by atoms with Crippen molar-refractivity contribution in [3.63, 3.8) is 0 Å². The van der Waals surface area contributed by atoms with Crippen LogP contribution >= 0.6 is 23.2 Å². The summed E-state index contributed by atoms with van der Waals surface area (Å²) in [7, 11) is 0. The Morgan fingerprint density at radius 2 is 1.91 bits per heavy atom. The van der Waals surface area contributed by atoms with Gasteiger partial charge in [-0.1, -0.05) is 23.2 Å². The van der Waals surface area contributed by atoms with Gasteiger partial charge in [0.2, 0.25) is 0 Å². The van der Waals surface area contributed by atoms with Crippen molar-refractivity contribution in [3.05, 3.63) is 75.2 Å². The van der Waals surface area contributed by atoms with Crippen molar-refractivity contribution >= 4 is 40.4 Å². The summed E-state index contributed by atoms with van der Waals surface area (Å²) in [5, 5.41) is 18.1. The van der Waals surface area contributed by atoms with Gasteiger partial charge in [-0.2, -0.15) is 5.26 Å². The third-order valence-electron chi connectivity index (χ3n) is 5.59. The highest BCUT2D eigenvalue weighted by Crippen LogP contribution is 2.33. The highest BCUT2D eigenvalue weighted by molar-refractivity contribution is 6.35. The number of hydrogen-bond donors (Lipinski definition) is 3. The van der Waals surface area contributed by atoms with E-state index in [1.165, 1.54) is 24.7 Å². The lowest BCUT2D eigenvalue weighted by atomic mass is 10.0. The lowest BCUT2D eigenvalue weighted by molar-refractivity contribution is 0.204. The minimum Gasteiger partial charge on any atom is -0.468 e. The van der Waals surface area contributed by atoms with Crippen LogP contribution in [0.3, 0.4) is 0 Å². The number of nitriles is 1. The second-order valence-corrected chi connectivity index (χ2v) is 8.62. The molecule has 8 nitrogen and oxygen atoms in total. The Balaban J connectivity index is 1.63. The summed E-state index contributed by atoms with van der Waals surface area (Å²) in [5.41, 5.74) is 12.1. The average molecular weight is 518 g/mol. The van der Waals surface area contributed by atoms with Gasteiger partial charge < -0.3 is 15.4 Å². The molecule has 4 rings (SSSR count). The first kappa shape index (κ1) is 24.6. The largest absolute Gasteiger partial charge is 0.468 e. The molecule has 3 heterocycles. The summed E-state index contributed by atoms with van der Waals surface area (Å²) in [6.07, 6.45) is 4.08. The summed E-state index contributed by atoms with van der Waals surface area (Å²) >= 11 is 12.2. The van der Waals surface area contributed by atoms with E-state index in [1.807, 2.05) is 0 Å². The molecule has 1 aromatic carbocycles. The number of nitrogens with one attached hydrogen (secondary N) is 1. The number of pyridine rings is 2. The van der Waals surface area contributed by atoms with Gasteiger partial charge in [0.15, 0.2) is 29.4 Å². The van der Waals surface area contributed by atoms with Crippen LogP contribution in [0.2, 0.25) is 10.0 Å². The van der Waals surface area contributed by atoms with E-state index in [2.05, 4.69) is 16.0 Å². The number of aromatic nitrogens is 2. The predicted molar refractivity (Wildman–Crippen MR) is 129 cm³/mol. The average Bonchev–Trinajstić information content (AvgIpc) is 3.29. The van der Waals surface area contributed by atoms with Gasteiger partial charge in [-0.05, 0) is 25.0 Å². The lowest BCUT2D eigenvalue weighted by Crippen LogP contribution is -2.29. The molecule has 1 fully saturated rings. The topological polar surface area (TPSA) is 138 Å². The zero-order chi connectivity index (χ0) is 25.3. The van der Waals surface area contributed by atoms with E-state index in [9.17, 15) is 14.0 Å². The van der Waals surface area contributed by atoms with E-state index in [1.54, 1.807) is 4.90 Å². The first-order chi connectivity index (χ1) is 16.7. The number of nitrogens with two attached hydrogens (primary N) is 2. The van der Waals surface area contributed by atoms with E-state index in [0.29, 0.717) is 13.0 Å². The van der Waals surface area contributed by atoms with Crippen molar-refractivity contribution in [2.24, 2.45) is 5.73 Å². The van der Waals surface area contributed by atoms with Crippen molar-refractivity contribution in [2.45, 2.75) is 25.1 Å². The molecule has 0 saturated carbocycles. The van der Waals surface area contributed by atoms with Crippen molar-refractivity contribution in [3.8, 4) is 11.8 Å². The summed E-state index contributed by atoms with van der Waals surface area (Å²) < 4.78 is 35.1. The SMILES string of the molecule is N#C[C@H]1CCCN1c1ncc(C(=N)c2cc(O[C@H](N)c3c(Cl)cncc3Cl)c(F)cc2N)cc1F. The number of benzene rings is 1. The van der Waals surface area contributed by atoms with E-state index in [-0.39, 0.29) is 49.7 Å². The molecule has 0 spiro atoms. The first-order valence-electron chi connectivity index (χ1n) is 10.4. The monoisotopic (exact) mass is 517 g/mol. The maximum absolute atomic E-state index is 14.9. The zero-order valence-electron chi connectivity index (χ0n) is 18.1. The van der Waals surface area contributed by atoms with E-state index >= 15 is 0 Å². The Labute approximate surface area is 209 Å². The number of nitrogens with zero attached hydrogens (tertiary/aromatic N) is 4. The lowest BCUT2D eigenvalue weighted by Gasteiger charge is -2.21. The molecular weight excluding hydrogens is 499 g/mol. The molecule has 0 radical (unpaired) electrons. The molecule has 0 amide bonds. The molecule has 0 aliphatic carbocycles. The van der Waals surface area contributed by atoms with Crippen LogP contribution in [0.15, 0.2) is 36.8 Å². The predicted octanol–water partition coefficient (Wildman–Crippen LogP) is 4.59. The number of halogens is 4. The van der Waals surface area contributed by atoms with Gasteiger partial charge in [-0.25, -0.2) is 13.8 Å². The minimum atomic E-state index is -1.25. The fourth-order valence-corrected chi connectivity index (χ4v) is 4.43. The zero-order valence-corrected chi connectivity index (χ0v) is 19.6. The highest BCUT2D eigenvalue weighted by atomic mass is 35.5.